The Hall–Kier alpha value is -1.48. The molecule has 2 N–H and O–H groups in total. The van der Waals surface area contributed by atoms with Gasteiger partial charge in [-0.3, -0.25) is 4.79 Å². The number of aromatic nitrogens is 1. The average Bonchev–Trinajstić information content (AvgIpc) is 3.06. The van der Waals surface area contributed by atoms with E-state index in [9.17, 15) is 18.3 Å². The molecule has 1 saturated heterocycles. The summed E-state index contributed by atoms with van der Waals surface area (Å²) in [7, 11) is -3.54. The van der Waals surface area contributed by atoms with Gasteiger partial charge in [-0.2, -0.15) is 4.31 Å². The predicted molar refractivity (Wildman–Crippen MR) is 98.5 cm³/mol. The number of thiophene rings is 1. The summed E-state index contributed by atoms with van der Waals surface area (Å²) in [6, 6.07) is 5.25. The number of hydrogen-bond donors (Lipinski definition) is 2. The van der Waals surface area contributed by atoms with Crippen LogP contribution >= 0.6 is 11.3 Å². The molecule has 0 spiro atoms. The maximum atomic E-state index is 12.8. The number of rotatable bonds is 4. The zero-order valence-electron chi connectivity index (χ0n) is 14.3. The van der Waals surface area contributed by atoms with Gasteiger partial charge in [-0.15, -0.1) is 11.3 Å². The van der Waals surface area contributed by atoms with Gasteiger partial charge in [-0.05, 0) is 44.4 Å². The first-order chi connectivity index (χ1) is 11.8. The van der Waals surface area contributed by atoms with Crippen LogP contribution in [0.15, 0.2) is 27.2 Å². The standard InChI is InChI=1S/C17H22N2O4S2/c1-3-12-10-14(11(2)18-17(12)21)15-4-5-16(24-15)25(22,23)19-8-6-13(20)7-9-19/h4-5,10,13,20H,3,6-9H2,1-2H3,(H,18,21). The number of hydrogen-bond acceptors (Lipinski definition) is 5. The predicted octanol–water partition coefficient (Wildman–Crippen LogP) is 2.12. The number of piperidine rings is 1. The van der Waals surface area contributed by atoms with Crippen LogP contribution in [0.4, 0.5) is 0 Å². The molecular formula is C17H22N2O4S2. The van der Waals surface area contributed by atoms with Crippen LogP contribution in [0.5, 0.6) is 0 Å². The molecule has 2 aromatic rings. The van der Waals surface area contributed by atoms with Gasteiger partial charge in [-0.1, -0.05) is 6.92 Å². The second kappa shape index (κ2) is 7.03. The molecule has 3 rings (SSSR count). The molecule has 0 amide bonds. The number of nitrogens with one attached hydrogen (secondary N) is 1. The van der Waals surface area contributed by atoms with Crippen LogP contribution in [0.25, 0.3) is 10.4 Å². The Morgan fingerprint density at radius 3 is 2.64 bits per heavy atom. The van der Waals surface area contributed by atoms with Crippen molar-refractivity contribution in [2.24, 2.45) is 0 Å². The van der Waals surface area contributed by atoms with Gasteiger partial charge in [0, 0.05) is 34.8 Å². The minimum absolute atomic E-state index is 0.0972. The minimum Gasteiger partial charge on any atom is -0.393 e. The van der Waals surface area contributed by atoms with E-state index < -0.39 is 16.1 Å². The molecule has 136 valence electrons. The van der Waals surface area contributed by atoms with Crippen LogP contribution in [-0.4, -0.2) is 42.0 Å². The van der Waals surface area contributed by atoms with E-state index in [1.54, 1.807) is 12.1 Å². The number of aliphatic hydroxyl groups is 1. The highest BCUT2D eigenvalue weighted by atomic mass is 32.2. The van der Waals surface area contributed by atoms with Gasteiger partial charge in [-0.25, -0.2) is 8.42 Å². The van der Waals surface area contributed by atoms with Crippen molar-refractivity contribution in [1.29, 1.82) is 0 Å². The molecule has 1 aliphatic heterocycles. The number of aromatic amines is 1. The fourth-order valence-electron chi connectivity index (χ4n) is 3.00. The van der Waals surface area contributed by atoms with Crippen LogP contribution in [0.1, 0.15) is 31.0 Å². The van der Waals surface area contributed by atoms with Crippen molar-refractivity contribution in [1.82, 2.24) is 9.29 Å². The third kappa shape index (κ3) is 3.57. The van der Waals surface area contributed by atoms with Crippen LogP contribution in [-0.2, 0) is 16.4 Å². The molecule has 0 aromatic carbocycles. The molecule has 2 aromatic heterocycles. The number of pyridine rings is 1. The Morgan fingerprint density at radius 2 is 2.00 bits per heavy atom. The van der Waals surface area contributed by atoms with E-state index in [2.05, 4.69) is 4.98 Å². The smallest absolute Gasteiger partial charge is 0.252 e. The Kier molecular flexibility index (Phi) is 5.15. The third-order valence-electron chi connectivity index (χ3n) is 4.56. The van der Waals surface area contributed by atoms with Crippen LogP contribution in [0.3, 0.4) is 0 Å². The number of aryl methyl sites for hydroxylation is 2. The van der Waals surface area contributed by atoms with Gasteiger partial charge < -0.3 is 10.1 Å². The lowest BCUT2D eigenvalue weighted by Gasteiger charge is -2.28. The molecule has 6 nitrogen and oxygen atoms in total. The van der Waals surface area contributed by atoms with Crippen molar-refractivity contribution in [3.05, 3.63) is 39.8 Å². The molecule has 1 aliphatic rings. The lowest BCUT2D eigenvalue weighted by Crippen LogP contribution is -2.39. The van der Waals surface area contributed by atoms with Crippen molar-refractivity contribution in [3.8, 4) is 10.4 Å². The summed E-state index contributed by atoms with van der Waals surface area (Å²) in [5.41, 5.74) is 2.18. The lowest BCUT2D eigenvalue weighted by atomic mass is 10.1. The fraction of sp³-hybridized carbons (Fsp3) is 0.471. The fourth-order valence-corrected chi connectivity index (χ4v) is 6.00. The molecule has 0 aliphatic carbocycles. The highest BCUT2D eigenvalue weighted by Gasteiger charge is 2.30. The summed E-state index contributed by atoms with van der Waals surface area (Å²) in [4.78, 5) is 15.5. The van der Waals surface area contributed by atoms with E-state index >= 15 is 0 Å². The Bertz CT molecular complexity index is 922. The quantitative estimate of drug-likeness (QED) is 0.847. The van der Waals surface area contributed by atoms with Gasteiger partial charge in [0.05, 0.1) is 6.10 Å². The van der Waals surface area contributed by atoms with Crippen molar-refractivity contribution in [2.75, 3.05) is 13.1 Å². The van der Waals surface area contributed by atoms with Crippen LogP contribution < -0.4 is 5.56 Å². The summed E-state index contributed by atoms with van der Waals surface area (Å²) in [5.74, 6) is 0. The molecule has 0 bridgehead atoms. The second-order valence-electron chi connectivity index (χ2n) is 6.27. The Labute approximate surface area is 151 Å². The third-order valence-corrected chi connectivity index (χ3v) is 8.05. The van der Waals surface area contributed by atoms with Gasteiger partial charge in [0.15, 0.2) is 0 Å². The zero-order chi connectivity index (χ0) is 18.2. The van der Waals surface area contributed by atoms with E-state index in [4.69, 9.17) is 0 Å². The van der Waals surface area contributed by atoms with Crippen LogP contribution in [0.2, 0.25) is 0 Å². The number of aliphatic hydroxyl groups excluding tert-OH is 1. The van der Waals surface area contributed by atoms with Crippen molar-refractivity contribution >= 4 is 21.4 Å². The zero-order valence-corrected chi connectivity index (χ0v) is 15.9. The summed E-state index contributed by atoms with van der Waals surface area (Å²) >= 11 is 1.21. The highest BCUT2D eigenvalue weighted by Crippen LogP contribution is 2.34. The van der Waals surface area contributed by atoms with Crippen molar-refractivity contribution < 1.29 is 13.5 Å². The van der Waals surface area contributed by atoms with E-state index in [0.717, 1.165) is 16.1 Å². The van der Waals surface area contributed by atoms with Gasteiger partial charge in [0.1, 0.15) is 4.21 Å². The molecule has 0 saturated carbocycles. The maximum Gasteiger partial charge on any atom is 0.252 e. The molecule has 0 radical (unpaired) electrons. The molecule has 3 heterocycles. The Morgan fingerprint density at radius 1 is 1.32 bits per heavy atom. The van der Waals surface area contributed by atoms with Crippen molar-refractivity contribution in [2.45, 2.75) is 43.4 Å². The SMILES string of the molecule is CCc1cc(-c2ccc(S(=O)(=O)N3CCC(O)CC3)s2)c(C)[nH]c1=O. The second-order valence-corrected chi connectivity index (χ2v) is 9.52. The molecule has 0 unspecified atom stereocenters. The molecule has 1 fully saturated rings. The topological polar surface area (TPSA) is 90.5 Å². The first-order valence-corrected chi connectivity index (χ1v) is 10.6. The normalized spacial score (nSPS) is 17.1. The van der Waals surface area contributed by atoms with E-state index in [1.165, 1.54) is 15.6 Å². The number of sulfonamides is 1. The first-order valence-electron chi connectivity index (χ1n) is 8.34. The number of nitrogens with zero attached hydrogens (tertiary/aromatic N) is 1. The van der Waals surface area contributed by atoms with E-state index in [0.29, 0.717) is 42.1 Å². The van der Waals surface area contributed by atoms with E-state index in [-0.39, 0.29) is 5.56 Å². The minimum atomic E-state index is -3.54. The lowest BCUT2D eigenvalue weighted by molar-refractivity contribution is 0.113. The summed E-state index contributed by atoms with van der Waals surface area (Å²) in [6.45, 7) is 4.41. The molecular weight excluding hydrogens is 360 g/mol. The molecule has 25 heavy (non-hydrogen) atoms. The summed E-state index contributed by atoms with van der Waals surface area (Å²) in [5, 5.41) is 9.57. The van der Waals surface area contributed by atoms with Gasteiger partial charge in [0.2, 0.25) is 0 Å². The summed E-state index contributed by atoms with van der Waals surface area (Å²) in [6.07, 6.45) is 1.14. The summed E-state index contributed by atoms with van der Waals surface area (Å²) < 4.78 is 27.3. The Balaban J connectivity index is 1.94. The van der Waals surface area contributed by atoms with Gasteiger partial charge in [0.25, 0.3) is 15.6 Å². The number of H-pyrrole nitrogens is 1. The molecule has 8 heteroatoms. The first kappa shape index (κ1) is 18.3. The molecule has 0 atom stereocenters. The monoisotopic (exact) mass is 382 g/mol. The van der Waals surface area contributed by atoms with Crippen molar-refractivity contribution in [3.63, 3.8) is 0 Å². The highest BCUT2D eigenvalue weighted by molar-refractivity contribution is 7.91. The largest absolute Gasteiger partial charge is 0.393 e. The van der Waals surface area contributed by atoms with E-state index in [1.807, 2.05) is 19.9 Å². The average molecular weight is 383 g/mol. The van der Waals surface area contributed by atoms with Gasteiger partial charge >= 0.3 is 0 Å². The maximum absolute atomic E-state index is 12.8. The van der Waals surface area contributed by atoms with Crippen LogP contribution in [0, 0.1) is 6.92 Å².